The van der Waals surface area contributed by atoms with E-state index in [4.69, 9.17) is 0 Å². The Hall–Kier alpha value is -3.35. The van der Waals surface area contributed by atoms with Crippen LogP contribution >= 0.6 is 0 Å². The molecule has 0 aromatic heterocycles. The molecule has 2 rings (SSSR count). The fraction of sp³-hybridized carbons (Fsp3) is 0.348. The van der Waals surface area contributed by atoms with Crippen molar-refractivity contribution >= 4 is 34.8 Å². The van der Waals surface area contributed by atoms with Gasteiger partial charge in [-0.25, -0.2) is 0 Å². The zero-order valence-electron chi connectivity index (χ0n) is 17.8. The molecule has 0 aliphatic heterocycles. The van der Waals surface area contributed by atoms with E-state index in [1.807, 2.05) is 4.90 Å². The van der Waals surface area contributed by atoms with Gasteiger partial charge in [0.05, 0.1) is 6.54 Å². The molecule has 0 spiro atoms. The number of hydrogen-bond acceptors (Lipinski definition) is 4. The van der Waals surface area contributed by atoms with E-state index in [9.17, 15) is 14.4 Å². The summed E-state index contributed by atoms with van der Waals surface area (Å²) in [5.74, 6) is -0.358. The van der Waals surface area contributed by atoms with Gasteiger partial charge in [0.15, 0.2) is 0 Å². The van der Waals surface area contributed by atoms with E-state index in [0.717, 1.165) is 31.6 Å². The monoisotopic (exact) mass is 410 g/mol. The molecule has 7 nitrogen and oxygen atoms in total. The summed E-state index contributed by atoms with van der Waals surface area (Å²) in [6.07, 6.45) is 1.85. The first-order chi connectivity index (χ1) is 14.4. The molecule has 0 fully saturated rings. The van der Waals surface area contributed by atoms with Gasteiger partial charge in [0.1, 0.15) is 0 Å². The highest BCUT2D eigenvalue weighted by Crippen LogP contribution is 2.15. The van der Waals surface area contributed by atoms with Crippen LogP contribution in [-0.2, 0) is 9.59 Å². The molecule has 2 aromatic carbocycles. The maximum atomic E-state index is 12.6. The molecule has 0 saturated heterocycles. The molecule has 0 radical (unpaired) electrons. The molecular formula is C23H30N4O3. The molecule has 2 aromatic rings. The Balaban J connectivity index is 1.89. The zero-order chi connectivity index (χ0) is 21.9. The molecule has 30 heavy (non-hydrogen) atoms. The summed E-state index contributed by atoms with van der Waals surface area (Å²) in [7, 11) is 0. The van der Waals surface area contributed by atoms with Crippen LogP contribution < -0.4 is 16.0 Å². The second-order valence-electron chi connectivity index (χ2n) is 7.03. The normalized spacial score (nSPS) is 10.2. The number of nitrogens with one attached hydrogen (secondary N) is 3. The number of benzene rings is 2. The van der Waals surface area contributed by atoms with E-state index in [-0.39, 0.29) is 24.3 Å². The molecule has 0 saturated carbocycles. The minimum Gasteiger partial charge on any atom is -0.376 e. The summed E-state index contributed by atoms with van der Waals surface area (Å²) in [6, 6.07) is 14.1. The molecule has 0 unspecified atom stereocenters. The average Bonchev–Trinajstić information content (AvgIpc) is 2.72. The van der Waals surface area contributed by atoms with Gasteiger partial charge in [0.2, 0.25) is 11.8 Å². The van der Waals surface area contributed by atoms with E-state index in [1.54, 1.807) is 48.5 Å². The van der Waals surface area contributed by atoms with Crippen molar-refractivity contribution in [3.05, 3.63) is 54.1 Å². The number of carbonyl (C=O) groups excluding carboxylic acids is 3. The second-order valence-corrected chi connectivity index (χ2v) is 7.03. The molecule has 0 heterocycles. The van der Waals surface area contributed by atoms with Gasteiger partial charge in [0.25, 0.3) is 5.91 Å². The lowest BCUT2D eigenvalue weighted by Gasteiger charge is -2.21. The summed E-state index contributed by atoms with van der Waals surface area (Å²) < 4.78 is 0. The highest BCUT2D eigenvalue weighted by Gasteiger charge is 2.14. The Kier molecular flexibility index (Phi) is 8.87. The van der Waals surface area contributed by atoms with Crippen molar-refractivity contribution in [3.63, 3.8) is 0 Å². The molecule has 3 N–H and O–H groups in total. The molecule has 0 aliphatic carbocycles. The van der Waals surface area contributed by atoms with Crippen molar-refractivity contribution in [3.8, 4) is 0 Å². The molecule has 0 atom stereocenters. The lowest BCUT2D eigenvalue weighted by Crippen LogP contribution is -2.32. The predicted octanol–water partition coefficient (Wildman–Crippen LogP) is 3.96. The highest BCUT2D eigenvalue weighted by molar-refractivity contribution is 5.96. The van der Waals surface area contributed by atoms with Crippen LogP contribution in [-0.4, -0.2) is 42.3 Å². The lowest BCUT2D eigenvalue weighted by molar-refractivity contribution is -0.115. The number of rotatable bonds is 10. The maximum Gasteiger partial charge on any atom is 0.253 e. The zero-order valence-corrected chi connectivity index (χ0v) is 17.8. The number of hydrogen-bond donors (Lipinski definition) is 3. The van der Waals surface area contributed by atoms with Crippen molar-refractivity contribution < 1.29 is 14.4 Å². The smallest absolute Gasteiger partial charge is 0.253 e. The summed E-state index contributed by atoms with van der Waals surface area (Å²) in [4.78, 5) is 37.8. The third-order valence-corrected chi connectivity index (χ3v) is 4.33. The standard InChI is InChI=1S/C23H30N4O3/c1-4-13-27(14-5-2)23(30)18-9-11-19(12-10-18)24-16-22(29)26-21-8-6-7-20(15-21)25-17(3)28/h6-12,15,24H,4-5,13-14,16H2,1-3H3,(H,25,28)(H,26,29). The highest BCUT2D eigenvalue weighted by atomic mass is 16.2. The van der Waals surface area contributed by atoms with Crippen molar-refractivity contribution in [2.24, 2.45) is 0 Å². The van der Waals surface area contributed by atoms with Gasteiger partial charge >= 0.3 is 0 Å². The largest absolute Gasteiger partial charge is 0.376 e. The lowest BCUT2D eigenvalue weighted by atomic mass is 10.1. The topological polar surface area (TPSA) is 90.5 Å². The van der Waals surface area contributed by atoms with Gasteiger partial charge in [-0.15, -0.1) is 0 Å². The Morgan fingerprint density at radius 2 is 1.43 bits per heavy atom. The number of nitrogens with zero attached hydrogens (tertiary/aromatic N) is 1. The number of amides is 3. The summed E-state index contributed by atoms with van der Waals surface area (Å²) >= 11 is 0. The van der Waals surface area contributed by atoms with Crippen molar-refractivity contribution in [1.82, 2.24) is 4.90 Å². The maximum absolute atomic E-state index is 12.6. The molecule has 0 aliphatic rings. The third kappa shape index (κ3) is 7.24. The first kappa shape index (κ1) is 22.9. The molecular weight excluding hydrogens is 380 g/mol. The van der Waals surface area contributed by atoms with Crippen LogP contribution in [0.25, 0.3) is 0 Å². The van der Waals surface area contributed by atoms with Crippen LogP contribution in [0.2, 0.25) is 0 Å². The molecule has 3 amide bonds. The Morgan fingerprint density at radius 1 is 0.833 bits per heavy atom. The average molecular weight is 411 g/mol. The molecule has 0 bridgehead atoms. The van der Waals surface area contributed by atoms with Gasteiger partial charge < -0.3 is 20.9 Å². The minimum absolute atomic E-state index is 0.0297. The van der Waals surface area contributed by atoms with Gasteiger partial charge in [-0.05, 0) is 55.3 Å². The van der Waals surface area contributed by atoms with Crippen LogP contribution in [0, 0.1) is 0 Å². The Labute approximate surface area is 177 Å². The van der Waals surface area contributed by atoms with Gasteiger partial charge in [-0.2, -0.15) is 0 Å². The van der Waals surface area contributed by atoms with Crippen LogP contribution in [0.15, 0.2) is 48.5 Å². The van der Waals surface area contributed by atoms with Crippen molar-refractivity contribution in [2.45, 2.75) is 33.6 Å². The fourth-order valence-corrected chi connectivity index (χ4v) is 3.03. The van der Waals surface area contributed by atoms with Gasteiger partial charge in [-0.1, -0.05) is 19.9 Å². The first-order valence-electron chi connectivity index (χ1n) is 10.2. The van der Waals surface area contributed by atoms with E-state index in [1.165, 1.54) is 6.92 Å². The number of carbonyl (C=O) groups is 3. The molecule has 7 heteroatoms. The second kappa shape index (κ2) is 11.6. The summed E-state index contributed by atoms with van der Waals surface area (Å²) in [5, 5.41) is 8.51. The number of anilines is 3. The van der Waals surface area contributed by atoms with Gasteiger partial charge in [0, 0.05) is 42.6 Å². The fourth-order valence-electron chi connectivity index (χ4n) is 3.03. The first-order valence-corrected chi connectivity index (χ1v) is 10.2. The minimum atomic E-state index is -0.216. The van der Waals surface area contributed by atoms with Crippen LogP contribution in [0.1, 0.15) is 44.0 Å². The van der Waals surface area contributed by atoms with E-state index < -0.39 is 0 Å². The van der Waals surface area contributed by atoms with Crippen LogP contribution in [0.5, 0.6) is 0 Å². The van der Waals surface area contributed by atoms with Crippen molar-refractivity contribution in [1.29, 1.82) is 0 Å². The quantitative estimate of drug-likeness (QED) is 0.553. The Morgan fingerprint density at radius 3 is 2.00 bits per heavy atom. The predicted molar refractivity (Wildman–Crippen MR) is 121 cm³/mol. The Bertz CT molecular complexity index is 859. The SMILES string of the molecule is CCCN(CCC)C(=O)c1ccc(NCC(=O)Nc2cccc(NC(C)=O)c2)cc1. The van der Waals surface area contributed by atoms with Crippen molar-refractivity contribution in [2.75, 3.05) is 35.6 Å². The summed E-state index contributed by atoms with van der Waals surface area (Å²) in [6.45, 7) is 7.12. The summed E-state index contributed by atoms with van der Waals surface area (Å²) in [5.41, 5.74) is 2.61. The van der Waals surface area contributed by atoms with Crippen LogP contribution in [0.3, 0.4) is 0 Å². The van der Waals surface area contributed by atoms with E-state index in [2.05, 4.69) is 29.8 Å². The van der Waals surface area contributed by atoms with E-state index in [0.29, 0.717) is 16.9 Å². The van der Waals surface area contributed by atoms with Gasteiger partial charge in [-0.3, -0.25) is 14.4 Å². The third-order valence-electron chi connectivity index (χ3n) is 4.33. The van der Waals surface area contributed by atoms with Crippen LogP contribution in [0.4, 0.5) is 17.1 Å². The van der Waals surface area contributed by atoms with E-state index >= 15 is 0 Å². The molecule has 160 valence electrons.